The van der Waals surface area contributed by atoms with Gasteiger partial charge < -0.3 is 19.1 Å². The Labute approximate surface area is 150 Å². The van der Waals surface area contributed by atoms with E-state index in [0.29, 0.717) is 40.2 Å². The number of thiophene rings is 1. The Hall–Kier alpha value is -1.92. The lowest BCUT2D eigenvalue weighted by molar-refractivity contribution is 0.0753. The summed E-state index contributed by atoms with van der Waals surface area (Å²) in [6, 6.07) is 7.08. The molecule has 0 atom stereocenters. The molecule has 1 aromatic carbocycles. The number of hydrogen-bond acceptors (Lipinski definition) is 5. The Balaban J connectivity index is 2.32. The molecule has 0 aliphatic heterocycles. The lowest BCUT2D eigenvalue weighted by Crippen LogP contribution is -2.30. The number of carbonyl (C=O) groups excluding carboxylic acids is 1. The van der Waals surface area contributed by atoms with Gasteiger partial charge in [-0.2, -0.15) is 0 Å². The van der Waals surface area contributed by atoms with Gasteiger partial charge in [0.25, 0.3) is 5.91 Å². The van der Waals surface area contributed by atoms with Crippen LogP contribution in [0.3, 0.4) is 0 Å². The molecule has 0 aliphatic carbocycles. The average Bonchev–Trinajstić information content (AvgIpc) is 3.02. The van der Waals surface area contributed by atoms with Crippen molar-refractivity contribution in [2.75, 3.05) is 27.9 Å². The Morgan fingerprint density at radius 3 is 2.17 bits per heavy atom. The first-order valence-electron chi connectivity index (χ1n) is 7.37. The minimum Gasteiger partial charge on any atom is -0.493 e. The van der Waals surface area contributed by atoms with E-state index in [0.717, 1.165) is 4.88 Å². The van der Waals surface area contributed by atoms with Crippen LogP contribution >= 0.6 is 22.9 Å². The Bertz CT molecular complexity index is 691. The fraction of sp³-hybridized carbons (Fsp3) is 0.353. The maximum atomic E-state index is 12.9. The largest absolute Gasteiger partial charge is 0.493 e. The second-order valence-corrected chi connectivity index (χ2v) is 6.74. The van der Waals surface area contributed by atoms with Crippen molar-refractivity contribution in [3.8, 4) is 17.2 Å². The molecular weight excluding hydrogens is 350 g/mol. The zero-order chi connectivity index (χ0) is 17.7. The SMILES string of the molecule is CCN(Cc1ccc(Cl)s1)C(=O)c1cc(OC)c(OC)c(OC)c1. The Kier molecular flexibility index (Phi) is 6.34. The van der Waals surface area contributed by atoms with E-state index in [1.165, 1.54) is 32.7 Å². The van der Waals surface area contributed by atoms with Gasteiger partial charge in [0.15, 0.2) is 11.5 Å². The molecule has 0 spiro atoms. The van der Waals surface area contributed by atoms with Gasteiger partial charge in [-0.05, 0) is 31.2 Å². The summed E-state index contributed by atoms with van der Waals surface area (Å²) in [6.07, 6.45) is 0. The van der Waals surface area contributed by atoms with Gasteiger partial charge in [0.05, 0.1) is 32.2 Å². The minimum atomic E-state index is -0.110. The van der Waals surface area contributed by atoms with E-state index in [4.69, 9.17) is 25.8 Å². The molecule has 0 radical (unpaired) electrons. The average molecular weight is 370 g/mol. The van der Waals surface area contributed by atoms with Crippen LogP contribution < -0.4 is 14.2 Å². The molecule has 2 aromatic rings. The number of amides is 1. The number of rotatable bonds is 7. The maximum absolute atomic E-state index is 12.9. The van der Waals surface area contributed by atoms with Crippen molar-refractivity contribution in [2.45, 2.75) is 13.5 Å². The monoisotopic (exact) mass is 369 g/mol. The summed E-state index contributed by atoms with van der Waals surface area (Å²) in [7, 11) is 4.58. The van der Waals surface area contributed by atoms with Crippen LogP contribution in [0.25, 0.3) is 0 Å². The highest BCUT2D eigenvalue weighted by atomic mass is 35.5. The molecule has 0 saturated heterocycles. The van der Waals surface area contributed by atoms with Crippen LogP contribution in [-0.4, -0.2) is 38.7 Å². The molecule has 24 heavy (non-hydrogen) atoms. The normalized spacial score (nSPS) is 10.4. The van der Waals surface area contributed by atoms with E-state index in [-0.39, 0.29) is 5.91 Å². The molecule has 7 heteroatoms. The second-order valence-electron chi connectivity index (χ2n) is 4.94. The highest BCUT2D eigenvalue weighted by Crippen LogP contribution is 2.38. The molecule has 0 fully saturated rings. The van der Waals surface area contributed by atoms with E-state index in [1.54, 1.807) is 17.0 Å². The molecule has 1 heterocycles. The second kappa shape index (κ2) is 8.26. The zero-order valence-electron chi connectivity index (χ0n) is 14.1. The predicted octanol–water partition coefficient (Wildman–Crippen LogP) is 4.09. The first kappa shape index (κ1) is 18.4. The minimum absolute atomic E-state index is 0.110. The van der Waals surface area contributed by atoms with Crippen LogP contribution in [0, 0.1) is 0 Å². The number of methoxy groups -OCH3 is 3. The van der Waals surface area contributed by atoms with Crippen LogP contribution in [-0.2, 0) is 6.54 Å². The first-order chi connectivity index (χ1) is 11.5. The molecule has 0 N–H and O–H groups in total. The fourth-order valence-corrected chi connectivity index (χ4v) is 3.44. The molecule has 130 valence electrons. The van der Waals surface area contributed by atoms with Gasteiger partial charge >= 0.3 is 0 Å². The van der Waals surface area contributed by atoms with Crippen LogP contribution in [0.15, 0.2) is 24.3 Å². The quantitative estimate of drug-likeness (QED) is 0.737. The van der Waals surface area contributed by atoms with Crippen molar-refractivity contribution >= 4 is 28.8 Å². The lowest BCUT2D eigenvalue weighted by Gasteiger charge is -2.21. The summed E-state index contributed by atoms with van der Waals surface area (Å²) in [5, 5.41) is 0. The van der Waals surface area contributed by atoms with E-state index in [2.05, 4.69) is 0 Å². The number of halogens is 1. The molecule has 5 nitrogen and oxygen atoms in total. The Morgan fingerprint density at radius 1 is 1.12 bits per heavy atom. The van der Waals surface area contributed by atoms with Gasteiger partial charge in [-0.15, -0.1) is 11.3 Å². The third-order valence-electron chi connectivity index (χ3n) is 3.56. The Morgan fingerprint density at radius 2 is 1.75 bits per heavy atom. The summed E-state index contributed by atoms with van der Waals surface area (Å²) >= 11 is 7.43. The summed E-state index contributed by atoms with van der Waals surface area (Å²) in [5.74, 6) is 1.26. The molecule has 0 unspecified atom stereocenters. The van der Waals surface area contributed by atoms with Gasteiger partial charge in [-0.3, -0.25) is 4.79 Å². The summed E-state index contributed by atoms with van der Waals surface area (Å²) < 4.78 is 16.6. The third-order valence-corrected chi connectivity index (χ3v) is 4.77. The van der Waals surface area contributed by atoms with Crippen LogP contribution in [0.1, 0.15) is 22.2 Å². The van der Waals surface area contributed by atoms with E-state index in [1.807, 2.05) is 19.1 Å². The number of hydrogen-bond donors (Lipinski definition) is 0. The topological polar surface area (TPSA) is 48.0 Å². The molecule has 0 saturated carbocycles. The van der Waals surface area contributed by atoms with Gasteiger partial charge in [0.2, 0.25) is 5.75 Å². The van der Waals surface area contributed by atoms with Crippen molar-refractivity contribution in [3.63, 3.8) is 0 Å². The standard InChI is InChI=1S/C17H20ClNO4S/c1-5-19(10-12-6-7-15(18)24-12)17(20)11-8-13(21-2)16(23-4)14(9-11)22-3/h6-9H,5,10H2,1-4H3. The number of carbonyl (C=O) groups is 1. The maximum Gasteiger partial charge on any atom is 0.254 e. The van der Waals surface area contributed by atoms with E-state index < -0.39 is 0 Å². The molecule has 0 aliphatic rings. The van der Waals surface area contributed by atoms with Crippen LogP contribution in [0.2, 0.25) is 4.34 Å². The highest BCUT2D eigenvalue weighted by Gasteiger charge is 2.21. The van der Waals surface area contributed by atoms with Crippen molar-refractivity contribution in [3.05, 3.63) is 39.0 Å². The van der Waals surface area contributed by atoms with Gasteiger partial charge in [0, 0.05) is 17.0 Å². The molecule has 1 amide bonds. The van der Waals surface area contributed by atoms with Crippen molar-refractivity contribution < 1.29 is 19.0 Å². The summed E-state index contributed by atoms with van der Waals surface area (Å²) in [5.41, 5.74) is 0.481. The van der Waals surface area contributed by atoms with Crippen LogP contribution in [0.5, 0.6) is 17.2 Å². The smallest absolute Gasteiger partial charge is 0.254 e. The van der Waals surface area contributed by atoms with Gasteiger partial charge in [-0.25, -0.2) is 0 Å². The van der Waals surface area contributed by atoms with Crippen LogP contribution in [0.4, 0.5) is 0 Å². The van der Waals surface area contributed by atoms with E-state index in [9.17, 15) is 4.79 Å². The predicted molar refractivity (Wildman–Crippen MR) is 95.8 cm³/mol. The van der Waals surface area contributed by atoms with Crippen molar-refractivity contribution in [2.24, 2.45) is 0 Å². The summed E-state index contributed by atoms with van der Waals surface area (Å²) in [4.78, 5) is 15.6. The van der Waals surface area contributed by atoms with Crippen molar-refractivity contribution in [1.29, 1.82) is 0 Å². The van der Waals surface area contributed by atoms with Gasteiger partial charge in [0.1, 0.15) is 0 Å². The number of ether oxygens (including phenoxy) is 3. The summed E-state index contributed by atoms with van der Waals surface area (Å²) in [6.45, 7) is 3.01. The van der Waals surface area contributed by atoms with Gasteiger partial charge in [-0.1, -0.05) is 11.6 Å². The third kappa shape index (κ3) is 3.94. The molecule has 2 rings (SSSR count). The highest BCUT2D eigenvalue weighted by molar-refractivity contribution is 7.16. The first-order valence-corrected chi connectivity index (χ1v) is 8.57. The molecule has 1 aromatic heterocycles. The van der Waals surface area contributed by atoms with Crippen molar-refractivity contribution in [1.82, 2.24) is 4.90 Å². The lowest BCUT2D eigenvalue weighted by atomic mass is 10.1. The number of benzene rings is 1. The molecular formula is C17H20ClNO4S. The molecule has 0 bridgehead atoms. The number of nitrogens with zero attached hydrogens (tertiary/aromatic N) is 1. The van der Waals surface area contributed by atoms with E-state index >= 15 is 0 Å². The fourth-order valence-electron chi connectivity index (χ4n) is 2.34. The zero-order valence-corrected chi connectivity index (χ0v) is 15.7.